The zero-order valence-corrected chi connectivity index (χ0v) is 28.2. The van der Waals surface area contributed by atoms with E-state index in [2.05, 4.69) is 38.9 Å². The number of primary amides is 1. The van der Waals surface area contributed by atoms with Crippen LogP contribution in [0, 0.1) is 0 Å². The molecule has 18 heteroatoms. The van der Waals surface area contributed by atoms with Gasteiger partial charge in [-0.25, -0.2) is 4.79 Å². The number of carbonyl (C=O) groups is 6. The van der Waals surface area contributed by atoms with Gasteiger partial charge in [0, 0.05) is 31.6 Å². The van der Waals surface area contributed by atoms with E-state index in [1.807, 2.05) is 0 Å². The Bertz CT molecular complexity index is 1490. The lowest BCUT2D eigenvalue weighted by Gasteiger charge is -2.26. The fourth-order valence-corrected chi connectivity index (χ4v) is 4.80. The van der Waals surface area contributed by atoms with Gasteiger partial charge in [-0.15, -0.1) is 0 Å². The van der Waals surface area contributed by atoms with Crippen molar-refractivity contribution in [3.05, 3.63) is 65.7 Å². The first-order valence-corrected chi connectivity index (χ1v) is 16.3. The zero-order chi connectivity index (χ0) is 37.2. The van der Waals surface area contributed by atoms with Crippen molar-refractivity contribution in [2.24, 2.45) is 27.9 Å². The summed E-state index contributed by atoms with van der Waals surface area (Å²) in [6.07, 6.45) is -0.535. The number of rotatable bonds is 21. The standard InChI is InChI=1S/C32H45N9O8S/c33-21(17-50)27(44)38-22(7-4-14-37-32(35)36)28(45)39-23(12-13-26(34)43)29(46)40-24(15-19-8-10-20(42)11-9-19)30(47)41-25(31(48)49)16-18-5-2-1-3-6-18/h1-3,5-6,8-11,21-25,42,50H,4,7,12-17,33H2,(H2,34,43)(H,38,44)(H,39,45)(H,40,46)(H,41,47)(H,48,49)(H4,35,36,37)/t21-,22-,23-,24-,25-/m0/s1. The van der Waals surface area contributed by atoms with Gasteiger partial charge in [-0.2, -0.15) is 12.6 Å². The third kappa shape index (κ3) is 14.8. The van der Waals surface area contributed by atoms with Crippen LogP contribution in [0.1, 0.15) is 36.8 Å². The summed E-state index contributed by atoms with van der Waals surface area (Å²) in [6, 6.07) is 7.95. The maximum atomic E-state index is 13.7. The van der Waals surface area contributed by atoms with Gasteiger partial charge in [-0.05, 0) is 42.5 Å². The summed E-state index contributed by atoms with van der Waals surface area (Å²) in [5.41, 5.74) is 23.0. The molecule has 0 aliphatic rings. The smallest absolute Gasteiger partial charge is 0.326 e. The van der Waals surface area contributed by atoms with E-state index in [1.54, 1.807) is 30.3 Å². The summed E-state index contributed by atoms with van der Waals surface area (Å²) in [5, 5.41) is 29.6. The minimum absolute atomic E-state index is 0.0175. The molecule has 0 bridgehead atoms. The number of aliphatic imine (C=N–C) groups is 1. The lowest BCUT2D eigenvalue weighted by Crippen LogP contribution is -2.59. The summed E-state index contributed by atoms with van der Waals surface area (Å²) in [5.74, 6) is -5.56. The molecular formula is C32H45N9O8S. The first-order chi connectivity index (χ1) is 23.7. The summed E-state index contributed by atoms with van der Waals surface area (Å²) in [4.78, 5) is 81.0. The van der Waals surface area contributed by atoms with Crippen LogP contribution in [0.5, 0.6) is 5.75 Å². The second-order valence-corrected chi connectivity index (χ2v) is 11.8. The van der Waals surface area contributed by atoms with Crippen molar-refractivity contribution < 1.29 is 39.0 Å². The van der Waals surface area contributed by atoms with Crippen LogP contribution in [0.25, 0.3) is 0 Å². The maximum Gasteiger partial charge on any atom is 0.326 e. The van der Waals surface area contributed by atoms with Crippen LogP contribution < -0.4 is 44.2 Å². The zero-order valence-electron chi connectivity index (χ0n) is 27.3. The molecule has 17 nitrogen and oxygen atoms in total. The Balaban J connectivity index is 2.35. The highest BCUT2D eigenvalue weighted by Gasteiger charge is 2.32. The van der Waals surface area contributed by atoms with Gasteiger partial charge < -0.3 is 54.4 Å². The maximum absolute atomic E-state index is 13.7. The number of amides is 5. The predicted molar refractivity (Wildman–Crippen MR) is 187 cm³/mol. The molecule has 272 valence electrons. The van der Waals surface area contributed by atoms with Crippen LogP contribution in [-0.4, -0.2) is 94.2 Å². The van der Waals surface area contributed by atoms with Crippen LogP contribution in [-0.2, 0) is 41.6 Å². The number of hydrogen-bond donors (Lipinski definition) is 11. The van der Waals surface area contributed by atoms with E-state index in [9.17, 15) is 39.0 Å². The van der Waals surface area contributed by atoms with Crippen molar-refractivity contribution in [3.63, 3.8) is 0 Å². The van der Waals surface area contributed by atoms with Crippen molar-refractivity contribution >= 4 is 54.1 Å². The average Bonchev–Trinajstić information content (AvgIpc) is 3.07. The molecule has 2 rings (SSSR count). The Morgan fingerprint density at radius 3 is 1.76 bits per heavy atom. The molecule has 0 fully saturated rings. The molecule has 14 N–H and O–H groups in total. The third-order valence-electron chi connectivity index (χ3n) is 7.33. The molecule has 0 aliphatic carbocycles. The third-order valence-corrected chi connectivity index (χ3v) is 7.72. The average molecular weight is 716 g/mol. The number of thiol groups is 1. The molecule has 0 aromatic heterocycles. The van der Waals surface area contributed by atoms with E-state index in [1.165, 1.54) is 24.3 Å². The number of guanidine groups is 1. The van der Waals surface area contributed by atoms with E-state index in [0.717, 1.165) is 0 Å². The van der Waals surface area contributed by atoms with Gasteiger partial charge in [0.15, 0.2) is 5.96 Å². The highest BCUT2D eigenvalue weighted by molar-refractivity contribution is 7.80. The van der Waals surface area contributed by atoms with Gasteiger partial charge in [0.25, 0.3) is 0 Å². The normalized spacial score (nSPS) is 13.7. The molecule has 2 aromatic carbocycles. The van der Waals surface area contributed by atoms with Crippen molar-refractivity contribution in [1.29, 1.82) is 0 Å². The minimum Gasteiger partial charge on any atom is -0.508 e. The van der Waals surface area contributed by atoms with Crippen LogP contribution in [0.3, 0.4) is 0 Å². The summed E-state index contributed by atoms with van der Waals surface area (Å²) in [7, 11) is 0. The molecule has 5 amide bonds. The number of hydrogen-bond acceptors (Lipinski definition) is 10. The van der Waals surface area contributed by atoms with Crippen molar-refractivity contribution in [2.45, 2.75) is 68.7 Å². The van der Waals surface area contributed by atoms with Crippen LogP contribution in [0.15, 0.2) is 59.6 Å². The molecule has 2 aromatic rings. The number of nitrogens with two attached hydrogens (primary N) is 4. The highest BCUT2D eigenvalue weighted by Crippen LogP contribution is 2.13. The van der Waals surface area contributed by atoms with E-state index in [-0.39, 0.29) is 62.5 Å². The van der Waals surface area contributed by atoms with E-state index < -0.39 is 65.7 Å². The Hall–Kier alpha value is -5.36. The summed E-state index contributed by atoms with van der Waals surface area (Å²) in [6.45, 7) is 0.127. The summed E-state index contributed by atoms with van der Waals surface area (Å²) >= 11 is 4.01. The molecule has 5 atom stereocenters. The number of benzene rings is 2. The van der Waals surface area contributed by atoms with Crippen LogP contribution in [0.4, 0.5) is 0 Å². The van der Waals surface area contributed by atoms with Crippen molar-refractivity contribution in [2.75, 3.05) is 12.3 Å². The van der Waals surface area contributed by atoms with Crippen LogP contribution >= 0.6 is 12.6 Å². The van der Waals surface area contributed by atoms with Gasteiger partial charge in [-0.1, -0.05) is 42.5 Å². The number of carboxylic acid groups (broad SMARTS) is 1. The van der Waals surface area contributed by atoms with Gasteiger partial charge in [0.1, 0.15) is 29.9 Å². The largest absolute Gasteiger partial charge is 0.508 e. The van der Waals surface area contributed by atoms with Gasteiger partial charge >= 0.3 is 5.97 Å². The van der Waals surface area contributed by atoms with E-state index >= 15 is 0 Å². The molecular weight excluding hydrogens is 670 g/mol. The molecule has 0 unspecified atom stereocenters. The first kappa shape index (κ1) is 40.8. The first-order valence-electron chi connectivity index (χ1n) is 15.7. The van der Waals surface area contributed by atoms with E-state index in [0.29, 0.717) is 11.1 Å². The lowest BCUT2D eigenvalue weighted by atomic mass is 10.0. The molecule has 0 aliphatic heterocycles. The second kappa shape index (κ2) is 20.9. The number of carbonyl (C=O) groups excluding carboxylic acids is 5. The van der Waals surface area contributed by atoms with Gasteiger partial charge in [-0.3, -0.25) is 29.0 Å². The number of aromatic hydroxyl groups is 1. The molecule has 0 heterocycles. The summed E-state index contributed by atoms with van der Waals surface area (Å²) < 4.78 is 0. The Morgan fingerprint density at radius 1 is 0.700 bits per heavy atom. The number of phenols is 1. The number of nitrogens with zero attached hydrogens (tertiary/aromatic N) is 1. The molecule has 0 spiro atoms. The van der Waals surface area contributed by atoms with Crippen molar-refractivity contribution in [3.8, 4) is 5.75 Å². The quantitative estimate of drug-likeness (QED) is 0.0285. The fourth-order valence-electron chi connectivity index (χ4n) is 4.63. The van der Waals surface area contributed by atoms with Crippen LogP contribution in [0.2, 0.25) is 0 Å². The van der Waals surface area contributed by atoms with Gasteiger partial charge in [0.2, 0.25) is 29.5 Å². The van der Waals surface area contributed by atoms with E-state index in [4.69, 9.17) is 22.9 Å². The second-order valence-electron chi connectivity index (χ2n) is 11.4. The highest BCUT2D eigenvalue weighted by atomic mass is 32.1. The monoisotopic (exact) mass is 715 g/mol. The lowest BCUT2D eigenvalue weighted by molar-refractivity contribution is -0.142. The van der Waals surface area contributed by atoms with Crippen molar-refractivity contribution in [1.82, 2.24) is 21.3 Å². The number of carboxylic acids is 1. The Labute approximate surface area is 294 Å². The predicted octanol–water partition coefficient (Wildman–Crippen LogP) is -2.22. The topological polar surface area (TPSA) is 307 Å². The Morgan fingerprint density at radius 2 is 1.20 bits per heavy atom. The fraction of sp³-hybridized carbons (Fsp3) is 0.406. The SMILES string of the molecule is NC(=O)CC[C@H](NC(=O)[C@H](CCCN=C(N)N)NC(=O)[C@@H](N)CS)C(=O)N[C@@H](Cc1ccc(O)cc1)C(=O)N[C@@H](Cc1ccccc1)C(=O)O. The molecule has 0 radical (unpaired) electrons. The number of aliphatic carboxylic acids is 1. The molecule has 0 saturated carbocycles. The van der Waals surface area contributed by atoms with Gasteiger partial charge in [0.05, 0.1) is 6.04 Å². The Kier molecular flexibility index (Phi) is 17.0. The molecule has 50 heavy (non-hydrogen) atoms. The molecule has 0 saturated heterocycles. The number of nitrogens with one attached hydrogen (secondary N) is 4. The number of phenolic OH excluding ortho intramolecular Hbond substituents is 1. The minimum atomic E-state index is -1.43.